The quantitative estimate of drug-likeness (QED) is 0.496. The van der Waals surface area contributed by atoms with Gasteiger partial charge >= 0.3 is 0 Å². The predicted molar refractivity (Wildman–Crippen MR) is 34.9 cm³/mol. The molecule has 1 aliphatic carbocycles. The maximum Gasteiger partial charge on any atom is 0.251 e. The van der Waals surface area contributed by atoms with Gasteiger partial charge in [-0.05, 0) is 0 Å². The molecule has 2 fully saturated rings. The fourth-order valence-electron chi connectivity index (χ4n) is 1.82. The first kappa shape index (κ1) is 8.41. The Labute approximate surface area is 68.7 Å². The molecule has 2 rings (SSSR count). The number of rotatable bonds is 1. The third-order valence-electron chi connectivity index (χ3n) is 2.69. The number of hydrogen-bond donors (Lipinski definition) is 2. The van der Waals surface area contributed by atoms with Crippen LogP contribution < -0.4 is 0 Å². The lowest BCUT2D eigenvalue weighted by atomic mass is 9.86. The average molecular weight is 176 g/mol. The summed E-state index contributed by atoms with van der Waals surface area (Å²) in [6.45, 7) is 0. The molecule has 2 N–H and O–H groups in total. The molecule has 5 atom stereocenters. The van der Waals surface area contributed by atoms with E-state index in [4.69, 9.17) is 17.7 Å². The summed E-state index contributed by atoms with van der Waals surface area (Å²) in [7, 11) is 5.17. The monoisotopic (exact) mass is 176 g/mol. The van der Waals surface area contributed by atoms with Crippen LogP contribution in [-0.4, -0.2) is 48.8 Å². The van der Waals surface area contributed by atoms with Gasteiger partial charge in [0.15, 0.2) is 0 Å². The van der Waals surface area contributed by atoms with E-state index < -0.39 is 36.2 Å². The summed E-state index contributed by atoms with van der Waals surface area (Å²) in [6.07, 6.45) is -6.56. The lowest BCUT2D eigenvalue weighted by molar-refractivity contribution is -0.0535. The summed E-state index contributed by atoms with van der Waals surface area (Å²) in [5.74, 6) is 0. The zero-order valence-electron chi connectivity index (χ0n) is 6.02. The SMILES string of the molecule is [B][C@@H]1O[C@@H]2C(O)[C@]2(C(F)F)[C@H]1O. The Morgan fingerprint density at radius 3 is 2.25 bits per heavy atom. The Morgan fingerprint density at radius 2 is 1.92 bits per heavy atom. The lowest BCUT2D eigenvalue weighted by Gasteiger charge is -2.20. The van der Waals surface area contributed by atoms with Crippen LogP contribution in [0.2, 0.25) is 0 Å². The molecule has 1 heterocycles. The van der Waals surface area contributed by atoms with E-state index in [0.717, 1.165) is 0 Å². The minimum atomic E-state index is -2.80. The third kappa shape index (κ3) is 0.665. The molecule has 0 amide bonds. The molecular formula is C6H7BF2O3. The van der Waals surface area contributed by atoms with E-state index in [-0.39, 0.29) is 0 Å². The van der Waals surface area contributed by atoms with Gasteiger partial charge in [-0.25, -0.2) is 8.78 Å². The summed E-state index contributed by atoms with van der Waals surface area (Å²) < 4.78 is 29.5. The van der Waals surface area contributed by atoms with Crippen LogP contribution in [0.3, 0.4) is 0 Å². The summed E-state index contributed by atoms with van der Waals surface area (Å²) in [5, 5.41) is 18.2. The first-order chi connectivity index (χ1) is 5.52. The normalized spacial score (nSPS) is 57.4. The second-order valence-corrected chi connectivity index (χ2v) is 3.21. The van der Waals surface area contributed by atoms with Crippen LogP contribution in [0.1, 0.15) is 0 Å². The van der Waals surface area contributed by atoms with Crippen molar-refractivity contribution in [2.45, 2.75) is 30.7 Å². The molecule has 1 saturated heterocycles. The second kappa shape index (κ2) is 2.18. The summed E-state index contributed by atoms with van der Waals surface area (Å²) in [6, 6.07) is -1.10. The molecule has 0 aromatic heterocycles. The van der Waals surface area contributed by atoms with Gasteiger partial charge in [-0.1, -0.05) is 0 Å². The minimum absolute atomic E-state index is 0.998. The molecule has 2 radical (unpaired) electrons. The van der Waals surface area contributed by atoms with Gasteiger partial charge in [-0.15, -0.1) is 0 Å². The van der Waals surface area contributed by atoms with Crippen LogP contribution in [0.5, 0.6) is 0 Å². The van der Waals surface area contributed by atoms with Crippen LogP contribution in [0.25, 0.3) is 0 Å². The van der Waals surface area contributed by atoms with E-state index in [1.54, 1.807) is 0 Å². The van der Waals surface area contributed by atoms with Crippen molar-refractivity contribution >= 4 is 7.85 Å². The number of aliphatic hydroxyl groups is 2. The largest absolute Gasteiger partial charge is 0.390 e. The van der Waals surface area contributed by atoms with Gasteiger partial charge in [0.05, 0.1) is 12.2 Å². The molecule has 66 valence electrons. The highest BCUT2D eigenvalue weighted by molar-refractivity contribution is 6.11. The molecule has 0 spiro atoms. The van der Waals surface area contributed by atoms with E-state index in [2.05, 4.69) is 0 Å². The first-order valence-electron chi connectivity index (χ1n) is 3.58. The zero-order chi connectivity index (χ0) is 9.09. The molecular weight excluding hydrogens is 169 g/mol. The van der Waals surface area contributed by atoms with Gasteiger partial charge < -0.3 is 14.9 Å². The lowest BCUT2D eigenvalue weighted by Crippen LogP contribution is -2.38. The van der Waals surface area contributed by atoms with E-state index in [0.29, 0.717) is 0 Å². The summed E-state index contributed by atoms with van der Waals surface area (Å²) in [4.78, 5) is 0. The molecule has 1 unspecified atom stereocenters. The fourth-order valence-corrected chi connectivity index (χ4v) is 1.82. The van der Waals surface area contributed by atoms with E-state index >= 15 is 0 Å². The van der Waals surface area contributed by atoms with Crippen molar-refractivity contribution in [1.82, 2.24) is 0 Å². The third-order valence-corrected chi connectivity index (χ3v) is 2.69. The smallest absolute Gasteiger partial charge is 0.251 e. The van der Waals surface area contributed by atoms with Gasteiger partial charge in [0, 0.05) is 6.00 Å². The molecule has 0 bridgehead atoms. The number of alkyl halides is 2. The number of halogens is 2. The molecule has 0 aromatic rings. The second-order valence-electron chi connectivity index (χ2n) is 3.21. The Hall–Kier alpha value is -0.195. The van der Waals surface area contributed by atoms with E-state index in [9.17, 15) is 13.9 Å². The standard InChI is InChI=1S/C6H7BF2O3/c7-4-2(11)6(5(8)9)1(10)3(6)12-4/h1-5,10-11H/t1?,2-,3+,4+,6-/m0/s1. The maximum absolute atomic E-state index is 12.4. The average Bonchev–Trinajstić information content (AvgIpc) is 2.44. The number of fused-ring (bicyclic) bond motifs is 1. The molecule has 2 aliphatic rings. The predicted octanol–water partition coefficient (Wildman–Crippen LogP) is -1.13. The maximum atomic E-state index is 12.4. The van der Waals surface area contributed by atoms with Crippen molar-refractivity contribution in [3.63, 3.8) is 0 Å². The van der Waals surface area contributed by atoms with Gasteiger partial charge in [0.25, 0.3) is 6.43 Å². The van der Waals surface area contributed by atoms with Crippen LogP contribution in [-0.2, 0) is 4.74 Å². The van der Waals surface area contributed by atoms with Crippen molar-refractivity contribution in [3.8, 4) is 0 Å². The van der Waals surface area contributed by atoms with Gasteiger partial charge in [-0.3, -0.25) is 0 Å². The molecule has 3 nitrogen and oxygen atoms in total. The molecule has 12 heavy (non-hydrogen) atoms. The van der Waals surface area contributed by atoms with Crippen molar-refractivity contribution < 1.29 is 23.7 Å². The Balaban J connectivity index is 2.25. The Morgan fingerprint density at radius 1 is 1.33 bits per heavy atom. The van der Waals surface area contributed by atoms with Crippen LogP contribution in [0, 0.1) is 5.41 Å². The zero-order valence-corrected chi connectivity index (χ0v) is 6.02. The Bertz CT molecular complexity index is 208. The van der Waals surface area contributed by atoms with Crippen LogP contribution in [0.15, 0.2) is 0 Å². The van der Waals surface area contributed by atoms with Crippen LogP contribution >= 0.6 is 0 Å². The highest BCUT2D eigenvalue weighted by Gasteiger charge is 2.79. The number of ether oxygens (including phenoxy) is 1. The van der Waals surface area contributed by atoms with E-state index in [1.807, 2.05) is 0 Å². The van der Waals surface area contributed by atoms with Gasteiger partial charge in [-0.2, -0.15) is 0 Å². The first-order valence-corrected chi connectivity index (χ1v) is 3.58. The molecule has 6 heteroatoms. The van der Waals surface area contributed by atoms with Gasteiger partial charge in [0.2, 0.25) is 0 Å². The summed E-state index contributed by atoms with van der Waals surface area (Å²) >= 11 is 0. The Kier molecular flexibility index (Phi) is 1.53. The molecule has 1 aliphatic heterocycles. The number of hydrogen-bond acceptors (Lipinski definition) is 3. The number of aliphatic hydroxyl groups excluding tert-OH is 2. The fraction of sp³-hybridized carbons (Fsp3) is 1.00. The topological polar surface area (TPSA) is 49.7 Å². The van der Waals surface area contributed by atoms with Crippen molar-refractivity contribution in [3.05, 3.63) is 0 Å². The minimum Gasteiger partial charge on any atom is -0.390 e. The molecule has 1 saturated carbocycles. The van der Waals surface area contributed by atoms with E-state index in [1.165, 1.54) is 0 Å². The highest BCUT2D eigenvalue weighted by atomic mass is 19.3. The highest BCUT2D eigenvalue weighted by Crippen LogP contribution is 2.60. The molecule has 0 aromatic carbocycles. The summed E-state index contributed by atoms with van der Waals surface area (Å²) in [5.41, 5.74) is -1.82. The van der Waals surface area contributed by atoms with Gasteiger partial charge in [0.1, 0.15) is 19.4 Å². The van der Waals surface area contributed by atoms with Crippen molar-refractivity contribution in [2.24, 2.45) is 5.41 Å². The van der Waals surface area contributed by atoms with Crippen molar-refractivity contribution in [1.29, 1.82) is 0 Å². The van der Waals surface area contributed by atoms with Crippen molar-refractivity contribution in [2.75, 3.05) is 0 Å². The van der Waals surface area contributed by atoms with Crippen LogP contribution in [0.4, 0.5) is 8.78 Å².